The van der Waals surface area contributed by atoms with Crippen molar-refractivity contribution in [1.29, 1.82) is 0 Å². The molecule has 0 aliphatic carbocycles. The van der Waals surface area contributed by atoms with Gasteiger partial charge in [0.1, 0.15) is 12.1 Å². The topological polar surface area (TPSA) is 71.3 Å². The quantitative estimate of drug-likeness (QED) is 0.624. The van der Waals surface area contributed by atoms with E-state index in [2.05, 4.69) is 10.1 Å². The lowest BCUT2D eigenvalue weighted by molar-refractivity contribution is 0.0159. The van der Waals surface area contributed by atoms with Crippen molar-refractivity contribution in [3.63, 3.8) is 0 Å². The van der Waals surface area contributed by atoms with Crippen molar-refractivity contribution in [3.8, 4) is 5.69 Å². The third kappa shape index (κ3) is 4.16. The summed E-state index contributed by atoms with van der Waals surface area (Å²) in [6.45, 7) is 4.49. The SMILES string of the molecule is CC1(C)CN(C(=O)c2cc(Cl)ccc2F)CCN1C(=O)c1ncn(-c2ccccc2)n1. The molecular formula is C22H21ClFN5O2. The van der Waals surface area contributed by atoms with E-state index in [0.29, 0.717) is 0 Å². The van der Waals surface area contributed by atoms with Crippen molar-refractivity contribution in [2.24, 2.45) is 0 Å². The van der Waals surface area contributed by atoms with Crippen LogP contribution in [0.4, 0.5) is 4.39 Å². The molecule has 0 N–H and O–H groups in total. The molecule has 9 heteroatoms. The highest BCUT2D eigenvalue weighted by Gasteiger charge is 2.40. The largest absolute Gasteiger partial charge is 0.334 e. The van der Waals surface area contributed by atoms with Crippen LogP contribution in [0.5, 0.6) is 0 Å². The van der Waals surface area contributed by atoms with Gasteiger partial charge in [-0.05, 0) is 44.2 Å². The molecule has 3 aromatic rings. The zero-order valence-corrected chi connectivity index (χ0v) is 17.9. The van der Waals surface area contributed by atoms with Crippen molar-refractivity contribution >= 4 is 23.4 Å². The molecule has 160 valence electrons. The highest BCUT2D eigenvalue weighted by atomic mass is 35.5. The fourth-order valence-electron chi connectivity index (χ4n) is 3.72. The number of piperazine rings is 1. The summed E-state index contributed by atoms with van der Waals surface area (Å²) >= 11 is 5.93. The van der Waals surface area contributed by atoms with Crippen LogP contribution in [0.3, 0.4) is 0 Å². The average Bonchev–Trinajstić information content (AvgIpc) is 3.25. The van der Waals surface area contributed by atoms with Gasteiger partial charge in [0, 0.05) is 24.7 Å². The average molecular weight is 442 g/mol. The minimum Gasteiger partial charge on any atom is -0.334 e. The highest BCUT2D eigenvalue weighted by Crippen LogP contribution is 2.25. The lowest BCUT2D eigenvalue weighted by atomic mass is 9.97. The van der Waals surface area contributed by atoms with Crippen LogP contribution < -0.4 is 0 Å². The Morgan fingerprint density at radius 3 is 2.52 bits per heavy atom. The summed E-state index contributed by atoms with van der Waals surface area (Å²) in [5.41, 5.74) is 0.0248. The summed E-state index contributed by atoms with van der Waals surface area (Å²) in [6.07, 6.45) is 1.50. The minimum absolute atomic E-state index is 0.0775. The maximum Gasteiger partial charge on any atom is 0.294 e. The van der Waals surface area contributed by atoms with E-state index in [1.165, 1.54) is 29.4 Å². The standard InChI is InChI=1S/C22H21ClFN5O2/c1-22(2)13-27(20(30)17-12-15(23)8-9-18(17)24)10-11-28(22)21(31)19-25-14-29(26-19)16-6-4-3-5-7-16/h3-9,12,14H,10-11,13H2,1-2H3. The predicted octanol–water partition coefficient (Wildman–Crippen LogP) is 3.44. The summed E-state index contributed by atoms with van der Waals surface area (Å²) in [7, 11) is 0. The number of nitrogens with zero attached hydrogens (tertiary/aromatic N) is 5. The van der Waals surface area contributed by atoms with Crippen molar-refractivity contribution in [2.45, 2.75) is 19.4 Å². The Hall–Kier alpha value is -3.26. The molecule has 0 unspecified atom stereocenters. The second kappa shape index (κ2) is 8.11. The number of amides is 2. The highest BCUT2D eigenvalue weighted by molar-refractivity contribution is 6.31. The van der Waals surface area contributed by atoms with Crippen molar-refractivity contribution in [1.82, 2.24) is 24.6 Å². The number of aromatic nitrogens is 3. The van der Waals surface area contributed by atoms with E-state index >= 15 is 0 Å². The van der Waals surface area contributed by atoms with Gasteiger partial charge in [-0.3, -0.25) is 9.59 Å². The molecule has 0 spiro atoms. The maximum atomic E-state index is 14.1. The second-order valence-electron chi connectivity index (χ2n) is 7.97. The number of halogens is 2. The van der Waals surface area contributed by atoms with Gasteiger partial charge in [0.2, 0.25) is 5.82 Å². The Morgan fingerprint density at radius 1 is 1.06 bits per heavy atom. The molecule has 0 bridgehead atoms. The zero-order valence-electron chi connectivity index (χ0n) is 17.1. The lowest BCUT2D eigenvalue weighted by Crippen LogP contribution is -2.62. The fourth-order valence-corrected chi connectivity index (χ4v) is 3.90. The van der Waals surface area contributed by atoms with Gasteiger partial charge in [-0.1, -0.05) is 29.8 Å². The molecule has 4 rings (SSSR count). The first-order chi connectivity index (χ1) is 14.8. The van der Waals surface area contributed by atoms with Crippen LogP contribution in [-0.4, -0.2) is 61.6 Å². The monoisotopic (exact) mass is 441 g/mol. The molecule has 1 saturated heterocycles. The summed E-state index contributed by atoms with van der Waals surface area (Å²) in [4.78, 5) is 33.3. The van der Waals surface area contributed by atoms with Crippen molar-refractivity contribution < 1.29 is 14.0 Å². The van der Waals surface area contributed by atoms with E-state index < -0.39 is 17.3 Å². The van der Waals surface area contributed by atoms with Crippen LogP contribution in [0.25, 0.3) is 5.69 Å². The van der Waals surface area contributed by atoms with Gasteiger partial charge in [0.15, 0.2) is 0 Å². The maximum absolute atomic E-state index is 14.1. The number of carbonyl (C=O) groups excluding carboxylic acids is 2. The molecule has 1 aliphatic heterocycles. The molecule has 1 aromatic heterocycles. The number of benzene rings is 2. The molecule has 0 radical (unpaired) electrons. The van der Waals surface area contributed by atoms with Crippen LogP contribution >= 0.6 is 11.6 Å². The molecular weight excluding hydrogens is 421 g/mol. The zero-order chi connectivity index (χ0) is 22.2. The van der Waals surface area contributed by atoms with Crippen molar-refractivity contribution in [2.75, 3.05) is 19.6 Å². The normalized spacial score (nSPS) is 15.7. The first-order valence-electron chi connectivity index (χ1n) is 9.80. The van der Waals surface area contributed by atoms with Crippen LogP contribution in [0.15, 0.2) is 54.9 Å². The van der Waals surface area contributed by atoms with Crippen molar-refractivity contribution in [3.05, 3.63) is 77.1 Å². The van der Waals surface area contributed by atoms with Gasteiger partial charge in [0.05, 0.1) is 16.8 Å². The number of hydrogen-bond acceptors (Lipinski definition) is 4. The number of carbonyl (C=O) groups is 2. The predicted molar refractivity (Wildman–Crippen MR) is 114 cm³/mol. The van der Waals surface area contributed by atoms with E-state index in [4.69, 9.17) is 11.6 Å². The third-order valence-electron chi connectivity index (χ3n) is 5.30. The van der Waals surface area contributed by atoms with Crippen LogP contribution in [0.1, 0.15) is 34.8 Å². The fraction of sp³-hybridized carbons (Fsp3) is 0.273. The molecule has 1 fully saturated rings. The molecule has 7 nitrogen and oxygen atoms in total. The Kier molecular flexibility index (Phi) is 5.49. The Bertz CT molecular complexity index is 1130. The summed E-state index contributed by atoms with van der Waals surface area (Å²) in [5, 5.41) is 4.60. The van der Waals surface area contributed by atoms with Gasteiger partial charge < -0.3 is 9.80 Å². The first kappa shape index (κ1) is 21.0. The number of hydrogen-bond donors (Lipinski definition) is 0. The van der Waals surface area contributed by atoms with Gasteiger partial charge in [-0.25, -0.2) is 14.1 Å². The van der Waals surface area contributed by atoms with Crippen LogP contribution in [-0.2, 0) is 0 Å². The summed E-state index contributed by atoms with van der Waals surface area (Å²) in [6, 6.07) is 13.3. The smallest absolute Gasteiger partial charge is 0.294 e. The van der Waals surface area contributed by atoms with Gasteiger partial charge >= 0.3 is 0 Å². The second-order valence-corrected chi connectivity index (χ2v) is 8.40. The van der Waals surface area contributed by atoms with Gasteiger partial charge in [-0.15, -0.1) is 5.10 Å². The Labute approximate surface area is 184 Å². The lowest BCUT2D eigenvalue weighted by Gasteiger charge is -2.46. The first-order valence-corrected chi connectivity index (χ1v) is 10.2. The van der Waals surface area contributed by atoms with Gasteiger partial charge in [0.25, 0.3) is 11.8 Å². The molecule has 2 heterocycles. The Balaban J connectivity index is 1.51. The van der Waals surface area contributed by atoms with Crippen LogP contribution in [0, 0.1) is 5.82 Å². The Morgan fingerprint density at radius 2 is 1.81 bits per heavy atom. The summed E-state index contributed by atoms with van der Waals surface area (Å²) < 4.78 is 15.7. The third-order valence-corrected chi connectivity index (χ3v) is 5.53. The van der Waals surface area contributed by atoms with E-state index in [1.54, 1.807) is 9.58 Å². The van der Waals surface area contributed by atoms with E-state index in [9.17, 15) is 14.0 Å². The molecule has 0 saturated carbocycles. The number of para-hydroxylation sites is 1. The van der Waals surface area contributed by atoms with Gasteiger partial charge in [-0.2, -0.15) is 0 Å². The van der Waals surface area contributed by atoms with E-state index in [-0.39, 0.29) is 42.0 Å². The minimum atomic E-state index is -0.696. The molecule has 0 atom stereocenters. The summed E-state index contributed by atoms with van der Waals surface area (Å²) in [5.74, 6) is -1.31. The molecule has 2 amide bonds. The van der Waals surface area contributed by atoms with E-state index in [1.807, 2.05) is 44.2 Å². The van der Waals surface area contributed by atoms with Crippen LogP contribution in [0.2, 0.25) is 5.02 Å². The molecule has 2 aromatic carbocycles. The van der Waals surface area contributed by atoms with E-state index in [0.717, 1.165) is 5.69 Å². The molecule has 31 heavy (non-hydrogen) atoms. The molecule has 1 aliphatic rings. The number of rotatable bonds is 3.